The molecule has 2 aromatic rings. The van der Waals surface area contributed by atoms with Crippen molar-refractivity contribution in [1.29, 1.82) is 0 Å². The fourth-order valence-electron chi connectivity index (χ4n) is 5.07. The molecule has 0 spiro atoms. The molecule has 38 heavy (non-hydrogen) atoms. The van der Waals surface area contributed by atoms with E-state index in [0.717, 1.165) is 35.1 Å². The van der Waals surface area contributed by atoms with Crippen LogP contribution in [0.4, 0.5) is 4.79 Å². The van der Waals surface area contributed by atoms with Gasteiger partial charge in [-0.05, 0) is 56.0 Å². The molecule has 9 nitrogen and oxygen atoms in total. The maximum absolute atomic E-state index is 13.0. The second kappa shape index (κ2) is 12.6. The lowest BCUT2D eigenvalue weighted by molar-refractivity contribution is -0.151. The molecule has 2 aliphatic rings. The van der Waals surface area contributed by atoms with E-state index in [-0.39, 0.29) is 24.3 Å². The van der Waals surface area contributed by atoms with Gasteiger partial charge in [-0.3, -0.25) is 9.89 Å². The van der Waals surface area contributed by atoms with Gasteiger partial charge < -0.3 is 24.4 Å². The van der Waals surface area contributed by atoms with Gasteiger partial charge in [-0.1, -0.05) is 38.1 Å². The minimum atomic E-state index is -0.817. The number of nitrogens with zero attached hydrogens (tertiary/aromatic N) is 3. The number of carbonyl (C=O) groups is 2. The van der Waals surface area contributed by atoms with Gasteiger partial charge in [-0.25, -0.2) is 4.79 Å². The summed E-state index contributed by atoms with van der Waals surface area (Å²) in [4.78, 5) is 29.7. The Kier molecular flexibility index (Phi) is 9.22. The number of amides is 1. The Morgan fingerprint density at radius 1 is 1.18 bits per heavy atom. The SMILES string of the molecule is C/C(=C\c1cccc2[nH]ncc12)[C@H]1OC(=O)C[C@H](O)CC[C@H](C)[C@H](OC(=O)N2CCN(C)CC2)/C=C/[C@@H]1C. The highest BCUT2D eigenvalue weighted by Crippen LogP contribution is 2.27. The number of H-pyrrole nitrogens is 1. The first kappa shape index (κ1) is 27.9. The Morgan fingerprint density at radius 2 is 1.95 bits per heavy atom. The van der Waals surface area contributed by atoms with Crippen molar-refractivity contribution in [2.24, 2.45) is 11.8 Å². The number of benzene rings is 1. The molecule has 0 unspecified atom stereocenters. The topological polar surface area (TPSA) is 108 Å². The summed E-state index contributed by atoms with van der Waals surface area (Å²) in [7, 11) is 2.04. The molecule has 2 aliphatic heterocycles. The average Bonchev–Trinajstić information content (AvgIpc) is 3.38. The number of nitrogens with one attached hydrogen (secondary N) is 1. The molecule has 0 aliphatic carbocycles. The highest BCUT2D eigenvalue weighted by molar-refractivity contribution is 5.88. The summed E-state index contributed by atoms with van der Waals surface area (Å²) < 4.78 is 11.9. The highest BCUT2D eigenvalue weighted by Gasteiger charge is 2.29. The van der Waals surface area contributed by atoms with Crippen molar-refractivity contribution < 1.29 is 24.2 Å². The third-order valence-corrected chi connectivity index (χ3v) is 7.61. The van der Waals surface area contributed by atoms with Crippen LogP contribution in [-0.2, 0) is 14.3 Å². The molecule has 3 heterocycles. The van der Waals surface area contributed by atoms with Crippen LogP contribution in [0.5, 0.6) is 0 Å². The monoisotopic (exact) mass is 524 g/mol. The maximum Gasteiger partial charge on any atom is 0.410 e. The van der Waals surface area contributed by atoms with Crippen LogP contribution in [-0.4, -0.2) is 88.7 Å². The van der Waals surface area contributed by atoms with E-state index >= 15 is 0 Å². The zero-order valence-corrected chi connectivity index (χ0v) is 22.8. The first-order chi connectivity index (χ1) is 18.2. The molecule has 1 fully saturated rings. The lowest BCUT2D eigenvalue weighted by Crippen LogP contribution is -2.48. The van der Waals surface area contributed by atoms with Crippen LogP contribution in [0, 0.1) is 11.8 Å². The number of cyclic esters (lactones) is 1. The number of carbonyl (C=O) groups excluding carboxylic acids is 2. The zero-order valence-electron chi connectivity index (χ0n) is 22.8. The molecule has 2 N–H and O–H groups in total. The Hall–Kier alpha value is -3.17. The molecule has 4 rings (SSSR count). The number of esters is 1. The summed E-state index contributed by atoms with van der Waals surface area (Å²) in [6, 6.07) is 5.91. The van der Waals surface area contributed by atoms with Crippen molar-refractivity contribution in [1.82, 2.24) is 20.0 Å². The maximum atomic E-state index is 13.0. The molecular weight excluding hydrogens is 484 g/mol. The second-order valence-corrected chi connectivity index (χ2v) is 10.8. The number of piperazine rings is 1. The number of ether oxygens (including phenoxy) is 2. The highest BCUT2D eigenvalue weighted by atomic mass is 16.6. The quantitative estimate of drug-likeness (QED) is 0.462. The number of hydrogen-bond donors (Lipinski definition) is 2. The molecule has 1 aromatic heterocycles. The van der Waals surface area contributed by atoms with E-state index in [1.807, 2.05) is 64.2 Å². The van der Waals surface area contributed by atoms with Gasteiger partial charge in [0.15, 0.2) is 0 Å². The predicted octanol–water partition coefficient (Wildman–Crippen LogP) is 4.00. The van der Waals surface area contributed by atoms with Crippen LogP contribution >= 0.6 is 0 Å². The van der Waals surface area contributed by atoms with Gasteiger partial charge in [0.05, 0.1) is 24.2 Å². The number of fused-ring (bicyclic) bond motifs is 1. The van der Waals surface area contributed by atoms with Gasteiger partial charge in [0.1, 0.15) is 12.2 Å². The van der Waals surface area contributed by atoms with Gasteiger partial charge in [-0.2, -0.15) is 5.10 Å². The van der Waals surface area contributed by atoms with Gasteiger partial charge in [-0.15, -0.1) is 0 Å². The molecule has 206 valence electrons. The molecule has 1 amide bonds. The van der Waals surface area contributed by atoms with Crippen LogP contribution < -0.4 is 0 Å². The van der Waals surface area contributed by atoms with E-state index in [0.29, 0.717) is 25.9 Å². The van der Waals surface area contributed by atoms with Crippen LogP contribution in [0.25, 0.3) is 17.0 Å². The van der Waals surface area contributed by atoms with Crippen LogP contribution in [0.15, 0.2) is 42.1 Å². The summed E-state index contributed by atoms with van der Waals surface area (Å²) in [5.74, 6) is -0.635. The number of aliphatic hydroxyl groups is 1. The van der Waals surface area contributed by atoms with E-state index in [9.17, 15) is 14.7 Å². The molecule has 1 saturated heterocycles. The lowest BCUT2D eigenvalue weighted by Gasteiger charge is -2.33. The van der Waals surface area contributed by atoms with Gasteiger partial charge in [0.25, 0.3) is 0 Å². The van der Waals surface area contributed by atoms with Crippen LogP contribution in [0.1, 0.15) is 45.6 Å². The lowest BCUT2D eigenvalue weighted by atomic mass is 9.91. The van der Waals surface area contributed by atoms with Gasteiger partial charge >= 0.3 is 12.1 Å². The molecule has 0 saturated carbocycles. The summed E-state index contributed by atoms with van der Waals surface area (Å²) in [6.45, 7) is 8.86. The van der Waals surface area contributed by atoms with Crippen LogP contribution in [0.3, 0.4) is 0 Å². The first-order valence-electron chi connectivity index (χ1n) is 13.5. The first-order valence-corrected chi connectivity index (χ1v) is 13.5. The molecule has 1 aromatic carbocycles. The normalized spacial score (nSPS) is 29.3. The van der Waals surface area contributed by atoms with Crippen molar-refractivity contribution in [2.75, 3.05) is 33.2 Å². The molecule has 0 bridgehead atoms. The number of likely N-dealkylation sites (N-methyl/N-ethyl adjacent to an activating group) is 1. The Labute approximate surface area is 224 Å². The van der Waals surface area contributed by atoms with E-state index in [1.165, 1.54) is 0 Å². The standard InChI is InChI=1S/C29H40N4O5/c1-19-8-10-23(34)17-27(35)38-28(21(3)16-22-6-5-7-25-24(22)18-30-31-25)20(2)9-11-26(19)37-29(36)33-14-12-32(4)13-15-33/h5-7,9,11,16,18-20,23,26,28,34H,8,10,12-15,17H2,1-4H3,(H,30,31)/b11-9+,21-16+/t19-,20-,23+,26+,28-/m0/s1. The van der Waals surface area contributed by atoms with Crippen molar-refractivity contribution in [2.45, 2.75) is 58.3 Å². The number of aliphatic hydroxyl groups excluding tert-OH is 1. The summed E-state index contributed by atoms with van der Waals surface area (Å²) in [5.41, 5.74) is 2.77. The van der Waals surface area contributed by atoms with Gasteiger partial charge in [0.2, 0.25) is 0 Å². The smallest absolute Gasteiger partial charge is 0.410 e. The number of aromatic amines is 1. The fraction of sp³-hybridized carbons (Fsp3) is 0.552. The van der Waals surface area contributed by atoms with Crippen molar-refractivity contribution in [3.05, 3.63) is 47.7 Å². The third kappa shape index (κ3) is 7.02. The Balaban J connectivity index is 1.57. The predicted molar refractivity (Wildman–Crippen MR) is 146 cm³/mol. The van der Waals surface area contributed by atoms with Crippen molar-refractivity contribution >= 4 is 29.0 Å². The minimum Gasteiger partial charge on any atom is -0.457 e. The summed E-state index contributed by atoms with van der Waals surface area (Å²) in [5, 5.41) is 18.6. The third-order valence-electron chi connectivity index (χ3n) is 7.61. The minimum absolute atomic E-state index is 0.0197. The van der Waals surface area contributed by atoms with Gasteiger partial charge in [0, 0.05) is 37.5 Å². The van der Waals surface area contributed by atoms with E-state index in [4.69, 9.17) is 9.47 Å². The number of hydrogen-bond acceptors (Lipinski definition) is 7. The Bertz CT molecular complexity index is 1170. The van der Waals surface area contributed by atoms with E-state index < -0.39 is 24.3 Å². The summed E-state index contributed by atoms with van der Waals surface area (Å²) >= 11 is 0. The van der Waals surface area contributed by atoms with Crippen molar-refractivity contribution in [3.8, 4) is 0 Å². The molecule has 9 heteroatoms. The average molecular weight is 525 g/mol. The van der Waals surface area contributed by atoms with Crippen molar-refractivity contribution in [3.63, 3.8) is 0 Å². The molecule has 0 radical (unpaired) electrons. The Morgan fingerprint density at radius 3 is 2.71 bits per heavy atom. The van der Waals surface area contributed by atoms with E-state index in [1.54, 1.807) is 11.1 Å². The number of rotatable bonds is 3. The fourth-order valence-corrected chi connectivity index (χ4v) is 5.07. The van der Waals surface area contributed by atoms with E-state index in [2.05, 4.69) is 15.1 Å². The summed E-state index contributed by atoms with van der Waals surface area (Å²) in [6.07, 6.45) is 6.53. The zero-order chi connectivity index (χ0) is 27.2. The molecule has 5 atom stereocenters. The second-order valence-electron chi connectivity index (χ2n) is 10.8. The largest absolute Gasteiger partial charge is 0.457 e. The van der Waals surface area contributed by atoms with Crippen LogP contribution in [0.2, 0.25) is 0 Å². The molecular formula is C29H40N4O5. The number of aromatic nitrogens is 2.